The summed E-state index contributed by atoms with van der Waals surface area (Å²) in [6.45, 7) is 15.9. The summed E-state index contributed by atoms with van der Waals surface area (Å²) in [6.07, 6.45) is -0.878. The third-order valence-electron chi connectivity index (χ3n) is 4.44. The number of carbonyl (C=O) groups is 2. The molecule has 1 aliphatic heterocycles. The summed E-state index contributed by atoms with van der Waals surface area (Å²) >= 11 is 0. The van der Waals surface area contributed by atoms with Crippen LogP contribution in [0.3, 0.4) is 0 Å². The third-order valence-corrected chi connectivity index (χ3v) is 4.44. The van der Waals surface area contributed by atoms with Gasteiger partial charge in [0.05, 0.1) is 13.1 Å². The van der Waals surface area contributed by atoms with E-state index in [1.165, 1.54) is 5.56 Å². The van der Waals surface area contributed by atoms with Crippen LogP contribution < -0.4 is 5.32 Å². The topological polar surface area (TPSA) is 67.9 Å². The molecule has 1 aromatic carbocycles. The van der Waals surface area contributed by atoms with Gasteiger partial charge in [-0.1, -0.05) is 38.1 Å². The molecule has 0 aliphatic carbocycles. The smallest absolute Gasteiger partial charge is 0.410 e. The Morgan fingerprint density at radius 1 is 0.964 bits per heavy atom. The van der Waals surface area contributed by atoms with Crippen LogP contribution in [0.25, 0.3) is 0 Å². The Balaban J connectivity index is 2.21. The van der Waals surface area contributed by atoms with Crippen LogP contribution in [0, 0.1) is 0 Å². The molecule has 156 valence electrons. The minimum Gasteiger partial charge on any atom is -0.444 e. The van der Waals surface area contributed by atoms with Gasteiger partial charge in [-0.3, -0.25) is 0 Å². The average molecular weight is 391 g/mol. The average Bonchev–Trinajstić information content (AvgIpc) is 2.46. The molecule has 6 heteroatoms. The lowest BCUT2D eigenvalue weighted by Crippen LogP contribution is -2.69. The number of amides is 2. The van der Waals surface area contributed by atoms with Gasteiger partial charge in [0.15, 0.2) is 0 Å². The van der Waals surface area contributed by atoms with Gasteiger partial charge >= 0.3 is 12.2 Å². The molecule has 6 nitrogen and oxygen atoms in total. The van der Waals surface area contributed by atoms with Crippen LogP contribution in [0.2, 0.25) is 0 Å². The van der Waals surface area contributed by atoms with E-state index in [4.69, 9.17) is 9.47 Å². The second-order valence-corrected chi connectivity index (χ2v) is 9.82. The maximum atomic E-state index is 12.5. The molecule has 1 aliphatic rings. The van der Waals surface area contributed by atoms with Crippen LogP contribution >= 0.6 is 0 Å². The summed E-state index contributed by atoms with van der Waals surface area (Å²) in [5.74, 6) is 0.420. The molecule has 1 aromatic rings. The Morgan fingerprint density at radius 3 is 1.89 bits per heavy atom. The molecule has 0 unspecified atom stereocenters. The summed E-state index contributed by atoms with van der Waals surface area (Å²) in [6, 6.07) is 8.15. The molecule has 1 N–H and O–H groups in total. The van der Waals surface area contributed by atoms with Crippen molar-refractivity contribution in [2.45, 2.75) is 78.0 Å². The Labute approximate surface area is 168 Å². The van der Waals surface area contributed by atoms with Crippen LogP contribution in [0.5, 0.6) is 0 Å². The third kappa shape index (κ3) is 5.63. The molecular weight excluding hydrogens is 356 g/mol. The van der Waals surface area contributed by atoms with E-state index in [9.17, 15) is 9.59 Å². The largest absolute Gasteiger partial charge is 0.444 e. The van der Waals surface area contributed by atoms with Crippen molar-refractivity contribution in [3.05, 3.63) is 35.4 Å². The molecule has 1 fully saturated rings. The van der Waals surface area contributed by atoms with E-state index >= 15 is 0 Å². The highest BCUT2D eigenvalue weighted by Crippen LogP contribution is 2.34. The molecule has 1 saturated heterocycles. The Bertz CT molecular complexity index is 706. The van der Waals surface area contributed by atoms with Crippen molar-refractivity contribution >= 4 is 12.2 Å². The SMILES string of the molecule is CC(C)c1ccc(C2(NC(=O)OC(C)(C)C)CN(C(=O)OC(C)(C)C)C2)cc1. The fourth-order valence-corrected chi connectivity index (χ4v) is 3.08. The number of hydrogen-bond acceptors (Lipinski definition) is 4. The minimum absolute atomic E-state index is 0.335. The summed E-state index contributed by atoms with van der Waals surface area (Å²) < 4.78 is 10.9. The van der Waals surface area contributed by atoms with E-state index in [1.54, 1.807) is 4.90 Å². The Morgan fingerprint density at radius 2 is 1.46 bits per heavy atom. The highest BCUT2D eigenvalue weighted by molar-refractivity contribution is 5.73. The molecule has 0 radical (unpaired) electrons. The van der Waals surface area contributed by atoms with Crippen molar-refractivity contribution in [3.8, 4) is 0 Å². The lowest BCUT2D eigenvalue weighted by molar-refractivity contribution is -0.0230. The van der Waals surface area contributed by atoms with E-state index in [-0.39, 0.29) is 6.09 Å². The quantitative estimate of drug-likeness (QED) is 0.806. The van der Waals surface area contributed by atoms with E-state index < -0.39 is 22.8 Å². The van der Waals surface area contributed by atoms with Crippen molar-refractivity contribution < 1.29 is 19.1 Å². The first-order valence-electron chi connectivity index (χ1n) is 9.80. The maximum Gasteiger partial charge on any atom is 0.410 e. The fourth-order valence-electron chi connectivity index (χ4n) is 3.08. The normalized spacial score (nSPS) is 16.4. The predicted molar refractivity (Wildman–Crippen MR) is 109 cm³/mol. The molecule has 2 rings (SSSR count). The lowest BCUT2D eigenvalue weighted by atomic mass is 9.81. The van der Waals surface area contributed by atoms with Crippen LogP contribution in [-0.4, -0.2) is 41.4 Å². The Kier molecular flexibility index (Phi) is 6.02. The van der Waals surface area contributed by atoms with Gasteiger partial charge < -0.3 is 19.7 Å². The maximum absolute atomic E-state index is 12.5. The molecule has 28 heavy (non-hydrogen) atoms. The first kappa shape index (κ1) is 22.1. The minimum atomic E-state index is -0.686. The molecule has 0 atom stereocenters. The van der Waals surface area contributed by atoms with E-state index in [0.29, 0.717) is 19.0 Å². The van der Waals surface area contributed by atoms with Gasteiger partial charge in [0.1, 0.15) is 16.7 Å². The fraction of sp³-hybridized carbons (Fsp3) is 0.636. The Hall–Kier alpha value is -2.24. The molecular formula is C22H34N2O4. The van der Waals surface area contributed by atoms with Crippen molar-refractivity contribution in [3.63, 3.8) is 0 Å². The second-order valence-electron chi connectivity index (χ2n) is 9.82. The zero-order valence-electron chi connectivity index (χ0n) is 18.4. The number of ether oxygens (including phenoxy) is 2. The van der Waals surface area contributed by atoms with Crippen molar-refractivity contribution in [1.82, 2.24) is 10.2 Å². The monoisotopic (exact) mass is 390 g/mol. The summed E-state index contributed by atoms with van der Waals surface area (Å²) in [4.78, 5) is 26.4. The van der Waals surface area contributed by atoms with Gasteiger partial charge in [-0.2, -0.15) is 0 Å². The molecule has 2 amide bonds. The first-order chi connectivity index (χ1) is 12.7. The molecule has 0 bridgehead atoms. The van der Waals surface area contributed by atoms with Crippen LogP contribution in [0.15, 0.2) is 24.3 Å². The first-order valence-corrected chi connectivity index (χ1v) is 9.80. The van der Waals surface area contributed by atoms with Gasteiger partial charge in [0, 0.05) is 0 Å². The van der Waals surface area contributed by atoms with Gasteiger partial charge in [0.2, 0.25) is 0 Å². The summed E-state index contributed by atoms with van der Waals surface area (Å²) in [7, 11) is 0. The van der Waals surface area contributed by atoms with Crippen LogP contribution in [0.1, 0.15) is 72.4 Å². The summed E-state index contributed by atoms with van der Waals surface area (Å²) in [5, 5.41) is 2.99. The van der Waals surface area contributed by atoms with Crippen molar-refractivity contribution in [2.75, 3.05) is 13.1 Å². The number of nitrogens with zero attached hydrogens (tertiary/aromatic N) is 1. The van der Waals surface area contributed by atoms with E-state index in [0.717, 1.165) is 5.56 Å². The molecule has 0 aromatic heterocycles. The van der Waals surface area contributed by atoms with Gasteiger partial charge in [-0.25, -0.2) is 9.59 Å². The zero-order chi connectivity index (χ0) is 21.3. The standard InChI is InChI=1S/C22H34N2O4/c1-15(2)16-9-11-17(12-10-16)22(23-18(25)27-20(3,4)5)13-24(14-22)19(26)28-21(6,7)8/h9-12,15H,13-14H2,1-8H3,(H,23,25). The van der Waals surface area contributed by atoms with Gasteiger partial charge in [-0.05, 0) is 58.6 Å². The molecule has 0 saturated carbocycles. The zero-order valence-corrected chi connectivity index (χ0v) is 18.4. The van der Waals surface area contributed by atoms with Crippen LogP contribution in [-0.2, 0) is 15.0 Å². The van der Waals surface area contributed by atoms with E-state index in [2.05, 4.69) is 31.3 Å². The van der Waals surface area contributed by atoms with Crippen molar-refractivity contribution in [2.24, 2.45) is 0 Å². The number of nitrogens with one attached hydrogen (secondary N) is 1. The highest BCUT2D eigenvalue weighted by atomic mass is 16.6. The number of alkyl carbamates (subject to hydrolysis) is 1. The molecule has 0 spiro atoms. The summed E-state index contributed by atoms with van der Waals surface area (Å²) in [5.41, 5.74) is 0.324. The van der Waals surface area contributed by atoms with Gasteiger partial charge in [-0.15, -0.1) is 0 Å². The van der Waals surface area contributed by atoms with Crippen molar-refractivity contribution in [1.29, 1.82) is 0 Å². The second kappa shape index (κ2) is 7.64. The highest BCUT2D eigenvalue weighted by Gasteiger charge is 2.49. The lowest BCUT2D eigenvalue weighted by Gasteiger charge is -2.50. The number of hydrogen-bond donors (Lipinski definition) is 1. The number of benzene rings is 1. The van der Waals surface area contributed by atoms with E-state index in [1.807, 2.05) is 53.7 Å². The van der Waals surface area contributed by atoms with Gasteiger partial charge in [0.25, 0.3) is 0 Å². The van der Waals surface area contributed by atoms with Crippen LogP contribution in [0.4, 0.5) is 9.59 Å². The predicted octanol–water partition coefficient (Wildman–Crippen LogP) is 4.78. The number of rotatable bonds is 3. The number of likely N-dealkylation sites (tertiary alicyclic amines) is 1. The molecule has 1 heterocycles. The number of carbonyl (C=O) groups excluding carboxylic acids is 2.